The maximum absolute atomic E-state index is 9.23. The third-order valence-corrected chi connectivity index (χ3v) is 3.19. The number of nitrogens with zero attached hydrogens (tertiary/aromatic N) is 7. The van der Waals surface area contributed by atoms with E-state index >= 15 is 0 Å². The first-order valence-electron chi connectivity index (χ1n) is 6.38. The minimum atomic E-state index is 0.0879. The van der Waals surface area contributed by atoms with Gasteiger partial charge in [-0.3, -0.25) is 4.57 Å². The van der Waals surface area contributed by atoms with Crippen molar-refractivity contribution in [3.8, 4) is 18.0 Å². The molecule has 3 aromatic heterocycles. The van der Waals surface area contributed by atoms with Gasteiger partial charge in [-0.1, -0.05) is 13.8 Å². The second-order valence-corrected chi connectivity index (χ2v) is 4.84. The van der Waals surface area contributed by atoms with E-state index in [1.54, 1.807) is 16.9 Å². The number of hydrogen-bond acceptors (Lipinski definition) is 5. The smallest absolute Gasteiger partial charge is 0.177 e. The molecule has 0 saturated heterocycles. The van der Waals surface area contributed by atoms with Crippen LogP contribution in [0.5, 0.6) is 0 Å². The molecule has 21 heavy (non-hydrogen) atoms. The molecule has 3 rings (SSSR count). The Hall–Kier alpha value is -3.19. The molecular weight excluding hydrogens is 266 g/mol. The summed E-state index contributed by atoms with van der Waals surface area (Å²) in [5.74, 6) is 0.813. The molecule has 0 amide bonds. The summed E-state index contributed by atoms with van der Waals surface area (Å²) in [6, 6.07) is 5.83. The Bertz CT molecular complexity index is 902. The summed E-state index contributed by atoms with van der Waals surface area (Å²) in [7, 11) is 0. The van der Waals surface area contributed by atoms with Crippen LogP contribution in [-0.4, -0.2) is 24.1 Å². The van der Waals surface area contributed by atoms with Crippen molar-refractivity contribution in [2.45, 2.75) is 19.8 Å². The van der Waals surface area contributed by atoms with Crippen LogP contribution in [0.4, 0.5) is 0 Å². The summed E-state index contributed by atoms with van der Waals surface area (Å²) in [6.07, 6.45) is 4.78. The van der Waals surface area contributed by atoms with Crippen molar-refractivity contribution in [2.75, 3.05) is 0 Å². The lowest BCUT2D eigenvalue weighted by atomic mass is 10.1. The molecule has 0 N–H and O–H groups in total. The number of nitriles is 2. The molecule has 0 unspecified atom stereocenters. The van der Waals surface area contributed by atoms with Gasteiger partial charge in [0.2, 0.25) is 0 Å². The molecule has 102 valence electrons. The van der Waals surface area contributed by atoms with Gasteiger partial charge in [-0.05, 0) is 12.0 Å². The topological polar surface area (TPSA) is 95.6 Å². The van der Waals surface area contributed by atoms with Crippen molar-refractivity contribution in [3.05, 3.63) is 41.9 Å². The van der Waals surface area contributed by atoms with Gasteiger partial charge in [-0.2, -0.15) is 15.6 Å². The fourth-order valence-corrected chi connectivity index (χ4v) is 2.09. The van der Waals surface area contributed by atoms with Crippen LogP contribution in [-0.2, 0) is 0 Å². The third-order valence-electron chi connectivity index (χ3n) is 3.19. The minimum Gasteiger partial charge on any atom is -0.271 e. The first kappa shape index (κ1) is 12.8. The summed E-state index contributed by atoms with van der Waals surface area (Å²) < 4.78 is 3.23. The van der Waals surface area contributed by atoms with Crippen LogP contribution in [0.15, 0.2) is 24.8 Å². The average Bonchev–Trinajstić information content (AvgIpc) is 3.09. The van der Waals surface area contributed by atoms with Crippen molar-refractivity contribution >= 4 is 5.52 Å². The summed E-state index contributed by atoms with van der Waals surface area (Å²) in [5.41, 5.74) is 1.96. The summed E-state index contributed by atoms with van der Waals surface area (Å²) in [6.45, 7) is 4.11. The average molecular weight is 277 g/mol. The van der Waals surface area contributed by atoms with Crippen LogP contribution in [0.3, 0.4) is 0 Å². The van der Waals surface area contributed by atoms with Gasteiger partial charge in [0.05, 0.1) is 5.69 Å². The van der Waals surface area contributed by atoms with Crippen molar-refractivity contribution < 1.29 is 0 Å². The largest absolute Gasteiger partial charge is 0.271 e. The molecule has 0 radical (unpaired) electrons. The maximum atomic E-state index is 9.23. The molecule has 0 bridgehead atoms. The monoisotopic (exact) mass is 277 g/mol. The molecule has 0 fully saturated rings. The lowest BCUT2D eigenvalue weighted by molar-refractivity contribution is 0.785. The summed E-state index contributed by atoms with van der Waals surface area (Å²) in [4.78, 5) is 8.25. The van der Waals surface area contributed by atoms with E-state index < -0.39 is 0 Å². The van der Waals surface area contributed by atoms with E-state index in [2.05, 4.69) is 28.9 Å². The van der Waals surface area contributed by atoms with Gasteiger partial charge in [0.25, 0.3) is 0 Å². The number of rotatable bonds is 2. The fraction of sp³-hybridized carbons (Fsp3) is 0.214. The SMILES string of the molecule is CC(C)c1cc2c(-n3cnc(C#N)c3C#N)nccn2n1. The van der Waals surface area contributed by atoms with E-state index in [4.69, 9.17) is 5.26 Å². The van der Waals surface area contributed by atoms with Crippen molar-refractivity contribution in [2.24, 2.45) is 0 Å². The number of hydrogen-bond donors (Lipinski definition) is 0. The van der Waals surface area contributed by atoms with E-state index in [1.807, 2.05) is 18.2 Å². The van der Waals surface area contributed by atoms with Crippen molar-refractivity contribution in [1.82, 2.24) is 24.1 Å². The highest BCUT2D eigenvalue weighted by Gasteiger charge is 2.16. The van der Waals surface area contributed by atoms with Crippen LogP contribution >= 0.6 is 0 Å². The summed E-state index contributed by atoms with van der Waals surface area (Å²) >= 11 is 0. The standard InChI is InChI=1S/C14H11N7/c1-9(2)10-5-12-14(17-3-4-21(12)19-10)20-8-18-11(6-15)13(20)7-16/h3-5,8-9H,1-2H3. The zero-order valence-electron chi connectivity index (χ0n) is 11.5. The molecule has 0 aromatic carbocycles. The number of aromatic nitrogens is 5. The summed E-state index contributed by atoms with van der Waals surface area (Å²) in [5, 5.41) is 22.7. The molecule has 3 aromatic rings. The van der Waals surface area contributed by atoms with Crippen LogP contribution in [0.2, 0.25) is 0 Å². The highest BCUT2D eigenvalue weighted by Crippen LogP contribution is 2.21. The molecular formula is C14H11N7. The normalized spacial score (nSPS) is 10.7. The highest BCUT2D eigenvalue weighted by atomic mass is 15.3. The molecule has 7 nitrogen and oxygen atoms in total. The van der Waals surface area contributed by atoms with E-state index in [0.29, 0.717) is 5.82 Å². The third kappa shape index (κ3) is 1.92. The van der Waals surface area contributed by atoms with Crippen molar-refractivity contribution in [3.63, 3.8) is 0 Å². The Balaban J connectivity index is 2.29. The van der Waals surface area contributed by atoms with Crippen LogP contribution in [0.25, 0.3) is 11.3 Å². The molecule has 3 heterocycles. The van der Waals surface area contributed by atoms with Gasteiger partial charge in [0.1, 0.15) is 24.0 Å². The Morgan fingerprint density at radius 3 is 2.67 bits per heavy atom. The molecule has 0 aliphatic rings. The highest BCUT2D eigenvalue weighted by molar-refractivity contribution is 5.62. The first-order valence-corrected chi connectivity index (χ1v) is 6.38. The van der Waals surface area contributed by atoms with Gasteiger partial charge in [-0.15, -0.1) is 0 Å². The second-order valence-electron chi connectivity index (χ2n) is 4.84. The molecule has 0 saturated carbocycles. The fourth-order valence-electron chi connectivity index (χ4n) is 2.09. The van der Waals surface area contributed by atoms with Gasteiger partial charge < -0.3 is 0 Å². The Labute approximate surface area is 120 Å². The van der Waals surface area contributed by atoms with Crippen LogP contribution < -0.4 is 0 Å². The van der Waals surface area contributed by atoms with Gasteiger partial charge >= 0.3 is 0 Å². The molecule has 0 aliphatic heterocycles. The number of imidazole rings is 1. The maximum Gasteiger partial charge on any atom is 0.177 e. The predicted octanol–water partition coefficient (Wildman–Crippen LogP) is 1.78. The first-order chi connectivity index (χ1) is 10.2. The number of fused-ring (bicyclic) bond motifs is 1. The molecule has 7 heteroatoms. The zero-order valence-corrected chi connectivity index (χ0v) is 11.5. The van der Waals surface area contributed by atoms with E-state index in [1.165, 1.54) is 10.9 Å². The van der Waals surface area contributed by atoms with Gasteiger partial charge in [0, 0.05) is 12.4 Å². The van der Waals surface area contributed by atoms with E-state index in [-0.39, 0.29) is 17.3 Å². The Morgan fingerprint density at radius 1 is 1.19 bits per heavy atom. The molecule has 0 spiro atoms. The molecule has 0 atom stereocenters. The van der Waals surface area contributed by atoms with E-state index in [9.17, 15) is 5.26 Å². The predicted molar refractivity (Wildman–Crippen MR) is 73.6 cm³/mol. The lowest BCUT2D eigenvalue weighted by Crippen LogP contribution is -2.02. The zero-order chi connectivity index (χ0) is 15.0. The lowest BCUT2D eigenvalue weighted by Gasteiger charge is -2.03. The molecule has 0 aliphatic carbocycles. The van der Waals surface area contributed by atoms with Gasteiger partial charge in [-0.25, -0.2) is 14.5 Å². The minimum absolute atomic E-state index is 0.0879. The van der Waals surface area contributed by atoms with Crippen LogP contribution in [0.1, 0.15) is 36.8 Å². The quantitative estimate of drug-likeness (QED) is 0.711. The van der Waals surface area contributed by atoms with E-state index in [0.717, 1.165) is 11.2 Å². The van der Waals surface area contributed by atoms with Gasteiger partial charge in [0.15, 0.2) is 17.2 Å². The van der Waals surface area contributed by atoms with Crippen LogP contribution in [0, 0.1) is 22.7 Å². The Morgan fingerprint density at radius 2 is 2.00 bits per heavy atom. The second kappa shape index (κ2) is 4.73. The Kier molecular flexibility index (Phi) is 2.89. The van der Waals surface area contributed by atoms with Crippen molar-refractivity contribution in [1.29, 1.82) is 10.5 Å².